The molecule has 0 aliphatic heterocycles. The summed E-state index contributed by atoms with van der Waals surface area (Å²) in [6.07, 6.45) is 0.493. The van der Waals surface area contributed by atoms with E-state index in [1.807, 2.05) is 31.2 Å². The van der Waals surface area contributed by atoms with E-state index in [9.17, 15) is 9.90 Å². The number of nitrogens with zero attached hydrogens (tertiary/aromatic N) is 2. The van der Waals surface area contributed by atoms with E-state index < -0.39 is 6.10 Å². The van der Waals surface area contributed by atoms with Gasteiger partial charge in [-0.1, -0.05) is 35.3 Å². The third kappa shape index (κ3) is 4.12. The Labute approximate surface area is 154 Å². The Kier molecular flexibility index (Phi) is 5.27. The number of hydrogen-bond donors (Lipinski definition) is 1. The van der Waals surface area contributed by atoms with Crippen LogP contribution in [-0.2, 0) is 6.54 Å². The summed E-state index contributed by atoms with van der Waals surface area (Å²) in [4.78, 5) is 16.7. The Morgan fingerprint density at radius 3 is 2.84 bits per heavy atom. The van der Waals surface area contributed by atoms with Gasteiger partial charge in [0.05, 0.1) is 28.8 Å². The molecule has 130 valence electrons. The van der Waals surface area contributed by atoms with Crippen molar-refractivity contribution >= 4 is 34.1 Å². The normalized spacial score (nSPS) is 12.3. The first-order chi connectivity index (χ1) is 11.9. The van der Waals surface area contributed by atoms with Crippen molar-refractivity contribution in [1.82, 2.24) is 9.55 Å². The molecule has 0 spiro atoms. The van der Waals surface area contributed by atoms with E-state index in [0.29, 0.717) is 26.7 Å². The van der Waals surface area contributed by atoms with E-state index in [2.05, 4.69) is 4.98 Å². The molecule has 0 bridgehead atoms. The van der Waals surface area contributed by atoms with Crippen LogP contribution in [0.5, 0.6) is 5.75 Å². The molecule has 0 fully saturated rings. The van der Waals surface area contributed by atoms with Gasteiger partial charge in [-0.05, 0) is 36.8 Å². The standard InChI is InChI=1S/C18H16Cl2N2O3/c1-11-3-2-4-14(5-11)25-9-13(23)8-22-10-21-17-15(18(22)24)6-12(19)7-16(17)20/h2-7,10,13,23H,8-9H2,1H3. The van der Waals surface area contributed by atoms with Crippen LogP contribution in [-0.4, -0.2) is 27.4 Å². The number of hydrogen-bond acceptors (Lipinski definition) is 4. The molecule has 1 heterocycles. The number of aliphatic hydroxyl groups excluding tert-OH is 1. The maximum absolute atomic E-state index is 12.5. The average molecular weight is 379 g/mol. The first-order valence-corrected chi connectivity index (χ1v) is 8.41. The summed E-state index contributed by atoms with van der Waals surface area (Å²) in [5.41, 5.74) is 1.14. The van der Waals surface area contributed by atoms with Crippen molar-refractivity contribution in [3.63, 3.8) is 0 Å². The lowest BCUT2D eigenvalue weighted by Gasteiger charge is -2.14. The summed E-state index contributed by atoms with van der Waals surface area (Å²) < 4.78 is 6.88. The number of fused-ring (bicyclic) bond motifs is 1. The summed E-state index contributed by atoms with van der Waals surface area (Å²) in [5, 5.41) is 11.2. The van der Waals surface area contributed by atoms with Gasteiger partial charge in [-0.15, -0.1) is 0 Å². The average Bonchev–Trinajstić information content (AvgIpc) is 2.56. The van der Waals surface area contributed by atoms with Gasteiger partial charge >= 0.3 is 0 Å². The zero-order valence-electron chi connectivity index (χ0n) is 13.4. The van der Waals surface area contributed by atoms with Crippen LogP contribution in [0.4, 0.5) is 0 Å². The van der Waals surface area contributed by atoms with Crippen LogP contribution in [0.25, 0.3) is 10.9 Å². The van der Waals surface area contributed by atoms with Crippen molar-refractivity contribution in [3.05, 3.63) is 68.7 Å². The van der Waals surface area contributed by atoms with Crippen molar-refractivity contribution in [2.75, 3.05) is 6.61 Å². The van der Waals surface area contributed by atoms with Crippen LogP contribution in [0, 0.1) is 6.92 Å². The van der Waals surface area contributed by atoms with Crippen molar-refractivity contribution in [2.45, 2.75) is 19.6 Å². The molecule has 0 amide bonds. The third-order valence-electron chi connectivity index (χ3n) is 3.69. The minimum Gasteiger partial charge on any atom is -0.491 e. The van der Waals surface area contributed by atoms with Crippen molar-refractivity contribution in [1.29, 1.82) is 0 Å². The second-order valence-corrected chi connectivity index (χ2v) is 6.61. The predicted molar refractivity (Wildman–Crippen MR) is 98.7 cm³/mol. The van der Waals surface area contributed by atoms with Crippen LogP contribution < -0.4 is 10.3 Å². The Balaban J connectivity index is 1.76. The Hall–Kier alpha value is -2.08. The summed E-state index contributed by atoms with van der Waals surface area (Å²) in [6.45, 7) is 2.07. The molecule has 1 aromatic heterocycles. The zero-order valence-corrected chi connectivity index (χ0v) is 15.0. The highest BCUT2D eigenvalue weighted by Crippen LogP contribution is 2.24. The molecule has 0 saturated heterocycles. The van der Waals surface area contributed by atoms with Gasteiger partial charge in [0.15, 0.2) is 0 Å². The first kappa shape index (κ1) is 17.7. The maximum atomic E-state index is 12.5. The van der Waals surface area contributed by atoms with Gasteiger partial charge in [0.2, 0.25) is 0 Å². The van der Waals surface area contributed by atoms with E-state index in [1.165, 1.54) is 23.0 Å². The molecule has 1 atom stereocenters. The number of aryl methyl sites for hydroxylation is 1. The van der Waals surface area contributed by atoms with Crippen LogP contribution in [0.2, 0.25) is 10.0 Å². The fourth-order valence-electron chi connectivity index (χ4n) is 2.50. The van der Waals surface area contributed by atoms with Crippen LogP contribution >= 0.6 is 23.2 Å². The molecule has 2 aromatic carbocycles. The van der Waals surface area contributed by atoms with Crippen LogP contribution in [0.1, 0.15) is 5.56 Å². The lowest BCUT2D eigenvalue weighted by molar-refractivity contribution is 0.0914. The van der Waals surface area contributed by atoms with E-state index in [-0.39, 0.29) is 18.7 Å². The van der Waals surface area contributed by atoms with Gasteiger partial charge in [-0.3, -0.25) is 9.36 Å². The molecule has 0 saturated carbocycles. The number of aromatic nitrogens is 2. The quantitative estimate of drug-likeness (QED) is 0.738. The molecule has 0 aliphatic carbocycles. The highest BCUT2D eigenvalue weighted by atomic mass is 35.5. The number of ether oxygens (including phenoxy) is 1. The number of benzene rings is 2. The summed E-state index contributed by atoms with van der Waals surface area (Å²) in [7, 11) is 0. The summed E-state index contributed by atoms with van der Waals surface area (Å²) in [5.74, 6) is 0.668. The lowest BCUT2D eigenvalue weighted by atomic mass is 10.2. The molecule has 5 nitrogen and oxygen atoms in total. The zero-order chi connectivity index (χ0) is 18.0. The smallest absolute Gasteiger partial charge is 0.261 e. The second-order valence-electron chi connectivity index (χ2n) is 5.77. The van der Waals surface area contributed by atoms with Crippen molar-refractivity contribution in [3.8, 4) is 5.75 Å². The van der Waals surface area contributed by atoms with Gasteiger partial charge in [0, 0.05) is 5.02 Å². The van der Waals surface area contributed by atoms with Gasteiger partial charge in [0.25, 0.3) is 5.56 Å². The molecule has 1 N–H and O–H groups in total. The molecule has 7 heteroatoms. The summed E-state index contributed by atoms with van der Waals surface area (Å²) in [6, 6.07) is 10.6. The summed E-state index contributed by atoms with van der Waals surface area (Å²) >= 11 is 12.0. The molecule has 3 rings (SSSR count). The van der Waals surface area contributed by atoms with Gasteiger partial charge < -0.3 is 9.84 Å². The highest BCUT2D eigenvalue weighted by Gasteiger charge is 2.12. The minimum atomic E-state index is -0.868. The SMILES string of the molecule is Cc1cccc(OCC(O)Cn2cnc3c(Cl)cc(Cl)cc3c2=O)c1. The molecule has 0 aliphatic rings. The fourth-order valence-corrected chi connectivity index (χ4v) is 3.04. The third-order valence-corrected chi connectivity index (χ3v) is 4.19. The second kappa shape index (κ2) is 7.44. The number of halogens is 2. The van der Waals surface area contributed by atoms with E-state index in [4.69, 9.17) is 27.9 Å². The van der Waals surface area contributed by atoms with Crippen molar-refractivity contribution < 1.29 is 9.84 Å². The number of rotatable bonds is 5. The molecular weight excluding hydrogens is 363 g/mol. The van der Waals surface area contributed by atoms with Crippen LogP contribution in [0.15, 0.2) is 47.5 Å². The molecule has 25 heavy (non-hydrogen) atoms. The van der Waals surface area contributed by atoms with Gasteiger partial charge in [-0.2, -0.15) is 0 Å². The first-order valence-electron chi connectivity index (χ1n) is 7.66. The Morgan fingerprint density at radius 2 is 2.08 bits per heavy atom. The fraction of sp³-hybridized carbons (Fsp3) is 0.222. The Bertz CT molecular complexity index is 972. The highest BCUT2D eigenvalue weighted by molar-refractivity contribution is 6.38. The number of aliphatic hydroxyl groups is 1. The van der Waals surface area contributed by atoms with E-state index in [0.717, 1.165) is 5.56 Å². The topological polar surface area (TPSA) is 64.3 Å². The minimum absolute atomic E-state index is 0.0533. The molecule has 1 unspecified atom stereocenters. The molecule has 0 radical (unpaired) electrons. The van der Waals surface area contributed by atoms with Gasteiger partial charge in [0.1, 0.15) is 18.5 Å². The largest absolute Gasteiger partial charge is 0.491 e. The molecule has 3 aromatic rings. The van der Waals surface area contributed by atoms with Gasteiger partial charge in [-0.25, -0.2) is 4.98 Å². The Morgan fingerprint density at radius 1 is 1.28 bits per heavy atom. The molecular formula is C18H16Cl2N2O3. The lowest BCUT2D eigenvalue weighted by Crippen LogP contribution is -2.30. The van der Waals surface area contributed by atoms with E-state index >= 15 is 0 Å². The van der Waals surface area contributed by atoms with Crippen LogP contribution in [0.3, 0.4) is 0 Å². The predicted octanol–water partition coefficient (Wildman–Crippen LogP) is 3.45. The van der Waals surface area contributed by atoms with Crippen molar-refractivity contribution in [2.24, 2.45) is 0 Å². The maximum Gasteiger partial charge on any atom is 0.261 e. The monoisotopic (exact) mass is 378 g/mol. The van der Waals surface area contributed by atoms with E-state index in [1.54, 1.807) is 0 Å².